The molecule has 0 saturated carbocycles. The summed E-state index contributed by atoms with van der Waals surface area (Å²) in [5.41, 5.74) is 2.62. The van der Waals surface area contributed by atoms with Crippen molar-refractivity contribution in [1.82, 2.24) is 24.8 Å². The zero-order valence-corrected chi connectivity index (χ0v) is 14.0. The number of hydrogen-bond acceptors (Lipinski definition) is 4. The Balaban J connectivity index is 1.38. The van der Waals surface area contributed by atoms with E-state index >= 15 is 0 Å². The molecule has 1 aromatic carbocycles. The molecule has 1 aliphatic rings. The van der Waals surface area contributed by atoms with Crippen LogP contribution in [-0.2, 0) is 6.54 Å². The van der Waals surface area contributed by atoms with Crippen LogP contribution in [0, 0.1) is 0 Å². The molecular formula is C19H21N5O. The van der Waals surface area contributed by atoms with Crippen LogP contribution in [-0.4, -0.2) is 44.5 Å². The third kappa shape index (κ3) is 3.69. The summed E-state index contributed by atoms with van der Waals surface area (Å²) in [5.74, 6) is -0.0444. The van der Waals surface area contributed by atoms with Crippen molar-refractivity contribution in [3.63, 3.8) is 0 Å². The first-order valence-corrected chi connectivity index (χ1v) is 8.64. The Morgan fingerprint density at radius 3 is 3.00 bits per heavy atom. The van der Waals surface area contributed by atoms with E-state index in [1.807, 2.05) is 12.3 Å². The number of fused-ring (bicyclic) bond motifs is 1. The molecule has 1 fully saturated rings. The summed E-state index contributed by atoms with van der Waals surface area (Å²) in [7, 11) is 0. The first-order valence-electron chi connectivity index (χ1n) is 8.64. The van der Waals surface area contributed by atoms with Crippen LogP contribution in [0.4, 0.5) is 0 Å². The van der Waals surface area contributed by atoms with E-state index in [2.05, 4.69) is 44.7 Å². The summed E-state index contributed by atoms with van der Waals surface area (Å²) in [6.45, 7) is 2.89. The van der Waals surface area contributed by atoms with Crippen molar-refractivity contribution in [3.05, 3.63) is 66.1 Å². The smallest absolute Gasteiger partial charge is 0.251 e. The number of likely N-dealkylation sites (tertiary alicyclic amines) is 1. The van der Waals surface area contributed by atoms with Gasteiger partial charge in [-0.25, -0.2) is 0 Å². The highest BCUT2D eigenvalue weighted by molar-refractivity contribution is 5.95. The number of nitrogens with one attached hydrogen (secondary N) is 1. The number of amides is 1. The summed E-state index contributed by atoms with van der Waals surface area (Å²) in [5, 5.41) is 11.0. The van der Waals surface area contributed by atoms with Gasteiger partial charge in [-0.05, 0) is 37.1 Å². The predicted octanol–water partition coefficient (Wildman–Crippen LogP) is 2.12. The van der Waals surface area contributed by atoms with Gasteiger partial charge in [-0.2, -0.15) is 0 Å². The summed E-state index contributed by atoms with van der Waals surface area (Å²) in [6.07, 6.45) is 5.55. The van der Waals surface area contributed by atoms with Crippen LogP contribution in [0.25, 0.3) is 5.65 Å². The van der Waals surface area contributed by atoms with Crippen molar-refractivity contribution < 1.29 is 4.79 Å². The predicted molar refractivity (Wildman–Crippen MR) is 95.2 cm³/mol. The molecule has 1 atom stereocenters. The van der Waals surface area contributed by atoms with Crippen molar-refractivity contribution in [2.24, 2.45) is 0 Å². The Kier molecular flexibility index (Phi) is 4.43. The van der Waals surface area contributed by atoms with Gasteiger partial charge in [-0.3, -0.25) is 14.1 Å². The van der Waals surface area contributed by atoms with Crippen LogP contribution in [0.2, 0.25) is 0 Å². The van der Waals surface area contributed by atoms with Crippen LogP contribution in [0.15, 0.2) is 55.0 Å². The normalized spacial score (nSPS) is 18.3. The zero-order chi connectivity index (χ0) is 17.1. The Labute approximate surface area is 146 Å². The highest BCUT2D eigenvalue weighted by atomic mass is 16.1. The van der Waals surface area contributed by atoms with E-state index < -0.39 is 0 Å². The van der Waals surface area contributed by atoms with Crippen molar-refractivity contribution in [3.8, 4) is 0 Å². The van der Waals surface area contributed by atoms with Gasteiger partial charge in [0.1, 0.15) is 6.33 Å². The van der Waals surface area contributed by atoms with Gasteiger partial charge in [0.25, 0.3) is 5.91 Å². The molecule has 1 aliphatic heterocycles. The molecule has 0 aliphatic carbocycles. The average molecular weight is 335 g/mol. The number of nitrogens with zero attached hydrogens (tertiary/aromatic N) is 4. The van der Waals surface area contributed by atoms with Crippen LogP contribution in [0.5, 0.6) is 0 Å². The quantitative estimate of drug-likeness (QED) is 0.793. The lowest BCUT2D eigenvalue weighted by Gasteiger charge is -2.33. The third-order valence-corrected chi connectivity index (χ3v) is 4.65. The molecule has 128 valence electrons. The molecule has 1 amide bonds. The van der Waals surface area contributed by atoms with Crippen molar-refractivity contribution in [2.45, 2.75) is 25.4 Å². The van der Waals surface area contributed by atoms with Crippen LogP contribution in [0.1, 0.15) is 28.8 Å². The molecule has 0 radical (unpaired) electrons. The number of aromatic nitrogens is 3. The third-order valence-electron chi connectivity index (χ3n) is 4.65. The number of benzene rings is 1. The van der Waals surface area contributed by atoms with Crippen molar-refractivity contribution in [1.29, 1.82) is 0 Å². The molecule has 0 spiro atoms. The lowest BCUT2D eigenvalue weighted by molar-refractivity contribution is 0.0901. The maximum Gasteiger partial charge on any atom is 0.251 e. The van der Waals surface area contributed by atoms with Gasteiger partial charge in [0.15, 0.2) is 5.65 Å². The fourth-order valence-corrected chi connectivity index (χ4v) is 3.39. The number of hydrogen-bond donors (Lipinski definition) is 1. The summed E-state index contributed by atoms with van der Waals surface area (Å²) < 4.78 is 1.79. The highest BCUT2D eigenvalue weighted by Crippen LogP contribution is 2.14. The molecule has 6 heteroatoms. The summed E-state index contributed by atoms with van der Waals surface area (Å²) in [6, 6.07) is 14.2. The fourth-order valence-electron chi connectivity index (χ4n) is 3.39. The average Bonchev–Trinajstić information content (AvgIpc) is 3.10. The van der Waals surface area contributed by atoms with Gasteiger partial charge >= 0.3 is 0 Å². The Bertz CT molecular complexity index is 860. The molecule has 1 N–H and O–H groups in total. The Morgan fingerprint density at radius 2 is 2.12 bits per heavy atom. The first kappa shape index (κ1) is 15.8. The van der Waals surface area contributed by atoms with E-state index in [4.69, 9.17) is 0 Å². The lowest BCUT2D eigenvalue weighted by Crippen LogP contribution is -2.47. The standard InChI is InChI=1S/C19H21N5O/c25-19(16-8-10-24-14-20-22-18(24)11-16)21-17-7-4-9-23(13-17)12-15-5-2-1-3-6-15/h1-3,5-6,8,10-11,14,17H,4,7,9,12-13H2,(H,21,25)/t17-/m0/s1. The van der Waals surface area contributed by atoms with E-state index in [0.717, 1.165) is 32.5 Å². The number of piperidine rings is 1. The lowest BCUT2D eigenvalue weighted by atomic mass is 10.0. The summed E-state index contributed by atoms with van der Waals surface area (Å²) in [4.78, 5) is 15.0. The fraction of sp³-hybridized carbons (Fsp3) is 0.316. The van der Waals surface area contributed by atoms with Crippen LogP contribution in [0.3, 0.4) is 0 Å². The zero-order valence-electron chi connectivity index (χ0n) is 14.0. The molecule has 3 heterocycles. The van der Waals surface area contributed by atoms with Gasteiger partial charge in [-0.15, -0.1) is 10.2 Å². The number of carbonyl (C=O) groups excluding carboxylic acids is 1. The van der Waals surface area contributed by atoms with Crippen LogP contribution < -0.4 is 5.32 Å². The van der Waals surface area contributed by atoms with Crippen molar-refractivity contribution in [2.75, 3.05) is 13.1 Å². The Morgan fingerprint density at radius 1 is 1.24 bits per heavy atom. The van der Waals surface area contributed by atoms with E-state index in [9.17, 15) is 4.79 Å². The molecule has 3 aromatic rings. The molecule has 4 rings (SSSR count). The van der Waals surface area contributed by atoms with Crippen molar-refractivity contribution >= 4 is 11.6 Å². The van der Waals surface area contributed by atoms with E-state index in [0.29, 0.717) is 11.2 Å². The molecule has 0 unspecified atom stereocenters. The maximum absolute atomic E-state index is 12.6. The minimum atomic E-state index is -0.0444. The Hall–Kier alpha value is -2.73. The second-order valence-corrected chi connectivity index (χ2v) is 6.55. The largest absolute Gasteiger partial charge is 0.348 e. The van der Waals surface area contributed by atoms with Crippen LogP contribution >= 0.6 is 0 Å². The minimum absolute atomic E-state index is 0.0444. The van der Waals surface area contributed by atoms with Gasteiger partial charge in [-0.1, -0.05) is 30.3 Å². The van der Waals surface area contributed by atoms with Gasteiger partial charge in [0.2, 0.25) is 0 Å². The maximum atomic E-state index is 12.6. The number of carbonyl (C=O) groups is 1. The van der Waals surface area contributed by atoms with Gasteiger partial charge in [0, 0.05) is 30.9 Å². The minimum Gasteiger partial charge on any atom is -0.348 e. The first-order chi connectivity index (χ1) is 12.3. The molecule has 0 bridgehead atoms. The molecular weight excluding hydrogens is 314 g/mol. The highest BCUT2D eigenvalue weighted by Gasteiger charge is 2.22. The number of rotatable bonds is 4. The molecule has 2 aromatic heterocycles. The second-order valence-electron chi connectivity index (χ2n) is 6.55. The van der Waals surface area contributed by atoms with E-state index in [-0.39, 0.29) is 11.9 Å². The summed E-state index contributed by atoms with van der Waals surface area (Å²) >= 11 is 0. The number of pyridine rings is 1. The monoisotopic (exact) mass is 335 g/mol. The van der Waals surface area contributed by atoms with E-state index in [1.165, 1.54) is 5.56 Å². The van der Waals surface area contributed by atoms with E-state index in [1.54, 1.807) is 22.9 Å². The van der Waals surface area contributed by atoms with Gasteiger partial charge in [0.05, 0.1) is 0 Å². The molecule has 6 nitrogen and oxygen atoms in total. The molecule has 1 saturated heterocycles. The topological polar surface area (TPSA) is 62.5 Å². The molecule has 25 heavy (non-hydrogen) atoms. The SMILES string of the molecule is O=C(N[C@H]1CCCN(Cc2ccccc2)C1)c1ccn2cnnc2c1. The van der Waals surface area contributed by atoms with Gasteiger partial charge < -0.3 is 5.32 Å². The second kappa shape index (κ2) is 7.03.